The van der Waals surface area contributed by atoms with Gasteiger partial charge in [0.25, 0.3) is 0 Å². The van der Waals surface area contributed by atoms with Crippen LogP contribution in [-0.2, 0) is 13.2 Å². The van der Waals surface area contributed by atoms with Crippen LogP contribution in [0.5, 0.6) is 5.75 Å². The van der Waals surface area contributed by atoms with Gasteiger partial charge in [0.1, 0.15) is 17.4 Å². The summed E-state index contributed by atoms with van der Waals surface area (Å²) < 4.78 is 6.51. The maximum absolute atomic E-state index is 6.04. The Morgan fingerprint density at radius 3 is 2.94 bits per heavy atom. The van der Waals surface area contributed by atoms with Crippen LogP contribution in [0, 0.1) is 0 Å². The molecular formula is C11H10BrClN2OS. The van der Waals surface area contributed by atoms with Crippen molar-refractivity contribution in [1.29, 1.82) is 0 Å². The number of hydrogen-bond acceptors (Lipinski definition) is 4. The van der Waals surface area contributed by atoms with E-state index in [1.165, 1.54) is 11.3 Å². The second-order valence-electron chi connectivity index (χ2n) is 3.30. The minimum absolute atomic E-state index is 0.401. The molecule has 1 heterocycles. The number of benzene rings is 1. The van der Waals surface area contributed by atoms with Crippen LogP contribution in [0.1, 0.15) is 10.7 Å². The predicted octanol–water partition coefficient (Wildman–Crippen LogP) is 3.60. The van der Waals surface area contributed by atoms with Crippen LogP contribution in [0.25, 0.3) is 0 Å². The van der Waals surface area contributed by atoms with Crippen molar-refractivity contribution >= 4 is 38.9 Å². The lowest BCUT2D eigenvalue weighted by atomic mass is 10.3. The summed E-state index contributed by atoms with van der Waals surface area (Å²) in [5.41, 5.74) is 6.36. The molecule has 0 spiro atoms. The Morgan fingerprint density at radius 1 is 1.47 bits per heavy atom. The van der Waals surface area contributed by atoms with E-state index in [1.54, 1.807) is 6.07 Å². The van der Waals surface area contributed by atoms with E-state index in [4.69, 9.17) is 22.1 Å². The first-order valence-electron chi connectivity index (χ1n) is 4.90. The number of nitrogens with zero attached hydrogens (tertiary/aromatic N) is 1. The van der Waals surface area contributed by atoms with E-state index in [2.05, 4.69) is 20.9 Å². The van der Waals surface area contributed by atoms with Crippen LogP contribution in [0.15, 0.2) is 28.1 Å². The number of hydrogen-bond donors (Lipinski definition) is 1. The van der Waals surface area contributed by atoms with Gasteiger partial charge < -0.3 is 10.5 Å². The molecule has 2 rings (SSSR count). The van der Waals surface area contributed by atoms with Crippen LogP contribution in [-0.4, -0.2) is 4.98 Å². The molecule has 1 aromatic carbocycles. The Labute approximate surface area is 117 Å². The number of nitrogens with two attached hydrogens (primary N) is 1. The molecule has 0 saturated heterocycles. The minimum atomic E-state index is 0.401. The highest BCUT2D eigenvalue weighted by Crippen LogP contribution is 2.28. The normalized spacial score (nSPS) is 10.5. The average Bonchev–Trinajstić information content (AvgIpc) is 2.76. The number of halogens is 2. The molecule has 0 amide bonds. The zero-order valence-electron chi connectivity index (χ0n) is 8.82. The van der Waals surface area contributed by atoms with Crippen molar-refractivity contribution in [3.63, 3.8) is 0 Å². The summed E-state index contributed by atoms with van der Waals surface area (Å²) in [4.78, 5) is 4.31. The van der Waals surface area contributed by atoms with Gasteiger partial charge in [-0.25, -0.2) is 4.98 Å². The van der Waals surface area contributed by atoms with Gasteiger partial charge in [-0.05, 0) is 18.2 Å². The molecule has 1 aromatic heterocycles. The monoisotopic (exact) mass is 332 g/mol. The molecule has 2 N–H and O–H groups in total. The molecule has 2 aromatic rings. The van der Waals surface area contributed by atoms with Gasteiger partial charge in [0.05, 0.1) is 10.7 Å². The van der Waals surface area contributed by atoms with Crippen molar-refractivity contribution in [3.05, 3.63) is 43.8 Å². The highest BCUT2D eigenvalue weighted by molar-refractivity contribution is 9.10. The first-order chi connectivity index (χ1) is 8.19. The number of rotatable bonds is 4. The first-order valence-corrected chi connectivity index (χ1v) is 6.95. The fourth-order valence-corrected chi connectivity index (χ4v) is 2.64. The molecule has 0 fully saturated rings. The third-order valence-corrected chi connectivity index (χ3v) is 3.75. The average molecular weight is 334 g/mol. The lowest BCUT2D eigenvalue weighted by molar-refractivity contribution is 0.302. The molecule has 0 atom stereocenters. The van der Waals surface area contributed by atoms with Gasteiger partial charge in [-0.15, -0.1) is 11.3 Å². The van der Waals surface area contributed by atoms with Crippen LogP contribution >= 0.6 is 38.9 Å². The van der Waals surface area contributed by atoms with Gasteiger partial charge in [-0.1, -0.05) is 27.5 Å². The molecule has 0 saturated carbocycles. The smallest absolute Gasteiger partial charge is 0.138 e. The van der Waals surface area contributed by atoms with Crippen LogP contribution in [0.2, 0.25) is 5.02 Å². The van der Waals surface area contributed by atoms with Gasteiger partial charge >= 0.3 is 0 Å². The molecule has 90 valence electrons. The highest BCUT2D eigenvalue weighted by Gasteiger charge is 2.05. The second-order valence-corrected chi connectivity index (χ2v) is 5.57. The maximum atomic E-state index is 6.04. The fourth-order valence-electron chi connectivity index (χ4n) is 1.25. The standard InChI is InChI=1S/C11H10BrClN2OS/c12-7-1-2-10(9(13)3-7)16-5-8-6-17-11(4-14)15-8/h1-3,6H,4-5,14H2. The summed E-state index contributed by atoms with van der Waals surface area (Å²) in [5.74, 6) is 0.650. The van der Waals surface area contributed by atoms with E-state index < -0.39 is 0 Å². The Morgan fingerprint density at radius 2 is 2.29 bits per heavy atom. The molecule has 0 bridgehead atoms. The molecule has 0 aliphatic heterocycles. The Hall–Kier alpha value is -0.620. The quantitative estimate of drug-likeness (QED) is 0.930. The molecule has 0 radical (unpaired) electrons. The Kier molecular flexibility index (Phi) is 4.39. The first kappa shape index (κ1) is 12.8. The van der Waals surface area contributed by atoms with E-state index in [9.17, 15) is 0 Å². The van der Waals surface area contributed by atoms with Crippen molar-refractivity contribution in [2.24, 2.45) is 5.73 Å². The van der Waals surface area contributed by atoms with Crippen molar-refractivity contribution in [3.8, 4) is 5.75 Å². The summed E-state index contributed by atoms with van der Waals surface area (Å²) in [6, 6.07) is 5.50. The lowest BCUT2D eigenvalue weighted by Gasteiger charge is -2.06. The Bertz CT molecular complexity index is 518. The molecular weight excluding hydrogens is 324 g/mol. The third-order valence-electron chi connectivity index (χ3n) is 2.04. The maximum Gasteiger partial charge on any atom is 0.138 e. The summed E-state index contributed by atoms with van der Waals surface area (Å²) in [6.07, 6.45) is 0. The predicted molar refractivity (Wildman–Crippen MR) is 73.5 cm³/mol. The second kappa shape index (κ2) is 5.82. The molecule has 0 unspecified atom stereocenters. The van der Waals surface area contributed by atoms with E-state index in [0.29, 0.717) is 23.9 Å². The summed E-state index contributed by atoms with van der Waals surface area (Å²) >= 11 is 10.9. The summed E-state index contributed by atoms with van der Waals surface area (Å²) in [5, 5.41) is 3.42. The van der Waals surface area contributed by atoms with E-state index in [1.807, 2.05) is 17.5 Å². The van der Waals surface area contributed by atoms with Crippen LogP contribution in [0.4, 0.5) is 0 Å². The third kappa shape index (κ3) is 3.42. The van der Waals surface area contributed by atoms with Gasteiger partial charge in [0.15, 0.2) is 0 Å². The van der Waals surface area contributed by atoms with Gasteiger partial charge in [-0.2, -0.15) is 0 Å². The van der Waals surface area contributed by atoms with Crippen LogP contribution in [0.3, 0.4) is 0 Å². The molecule has 0 aliphatic carbocycles. The van der Waals surface area contributed by atoms with Gasteiger partial charge in [-0.3, -0.25) is 0 Å². The van der Waals surface area contributed by atoms with Gasteiger partial charge in [0.2, 0.25) is 0 Å². The van der Waals surface area contributed by atoms with Crippen LogP contribution < -0.4 is 10.5 Å². The minimum Gasteiger partial charge on any atom is -0.486 e. The molecule has 6 heteroatoms. The number of thiazole rings is 1. The lowest BCUT2D eigenvalue weighted by Crippen LogP contribution is -1.99. The van der Waals surface area contributed by atoms with E-state index in [-0.39, 0.29) is 0 Å². The largest absolute Gasteiger partial charge is 0.486 e. The topological polar surface area (TPSA) is 48.1 Å². The SMILES string of the molecule is NCc1nc(COc2ccc(Br)cc2Cl)cs1. The van der Waals surface area contributed by atoms with Crippen molar-refractivity contribution < 1.29 is 4.74 Å². The molecule has 3 nitrogen and oxygen atoms in total. The van der Waals surface area contributed by atoms with E-state index in [0.717, 1.165) is 15.2 Å². The Balaban J connectivity index is 2.02. The van der Waals surface area contributed by atoms with Crippen molar-refractivity contribution in [2.45, 2.75) is 13.2 Å². The zero-order chi connectivity index (χ0) is 12.3. The fraction of sp³-hybridized carbons (Fsp3) is 0.182. The summed E-state index contributed by atoms with van der Waals surface area (Å²) in [7, 11) is 0. The van der Waals surface area contributed by atoms with Gasteiger partial charge in [0, 0.05) is 16.4 Å². The highest BCUT2D eigenvalue weighted by atomic mass is 79.9. The van der Waals surface area contributed by atoms with Crippen molar-refractivity contribution in [1.82, 2.24) is 4.98 Å². The van der Waals surface area contributed by atoms with Crippen molar-refractivity contribution in [2.75, 3.05) is 0 Å². The van der Waals surface area contributed by atoms with E-state index >= 15 is 0 Å². The molecule has 0 aliphatic rings. The number of ether oxygens (including phenoxy) is 1. The molecule has 17 heavy (non-hydrogen) atoms. The zero-order valence-corrected chi connectivity index (χ0v) is 12.0. The number of aromatic nitrogens is 1. The summed E-state index contributed by atoms with van der Waals surface area (Å²) in [6.45, 7) is 0.863.